The van der Waals surface area contributed by atoms with E-state index < -0.39 is 0 Å². The van der Waals surface area contributed by atoms with E-state index in [1.165, 1.54) is 0 Å². The lowest BCUT2D eigenvalue weighted by atomic mass is 9.94. The number of fused-ring (bicyclic) bond motifs is 1. The van der Waals surface area contributed by atoms with Crippen LogP contribution < -0.4 is 0 Å². The van der Waals surface area contributed by atoms with Crippen molar-refractivity contribution in [2.45, 2.75) is 40.5 Å². The zero-order valence-electron chi connectivity index (χ0n) is 11.7. The van der Waals surface area contributed by atoms with Crippen LogP contribution in [0.15, 0.2) is 18.3 Å². The molecule has 18 heavy (non-hydrogen) atoms. The molecular weight excluding hydrogens is 224 g/mol. The Kier molecular flexibility index (Phi) is 3.24. The molecule has 0 aromatic carbocycles. The molecule has 0 fully saturated rings. The van der Waals surface area contributed by atoms with Crippen molar-refractivity contribution < 1.29 is 4.79 Å². The predicted octanol–water partition coefficient (Wildman–Crippen LogP) is 3.60. The van der Waals surface area contributed by atoms with Gasteiger partial charge in [-0.1, -0.05) is 33.8 Å². The summed E-state index contributed by atoms with van der Waals surface area (Å²) in [5.74, 6) is 0.431. The summed E-state index contributed by atoms with van der Waals surface area (Å²) in [6.07, 6.45) is 1.91. The summed E-state index contributed by atoms with van der Waals surface area (Å²) < 4.78 is 1.83. The van der Waals surface area contributed by atoms with Crippen LogP contribution in [-0.4, -0.2) is 15.4 Å². The fraction of sp³-hybridized carbons (Fsp3) is 0.467. The van der Waals surface area contributed by atoms with Crippen LogP contribution in [0.3, 0.4) is 0 Å². The van der Waals surface area contributed by atoms with Crippen molar-refractivity contribution in [3.63, 3.8) is 0 Å². The second kappa shape index (κ2) is 4.56. The third-order valence-corrected chi connectivity index (χ3v) is 3.20. The molecule has 2 aromatic rings. The van der Waals surface area contributed by atoms with E-state index in [1.54, 1.807) is 0 Å². The molecule has 0 aliphatic carbocycles. The number of hydrogen-bond acceptors (Lipinski definition) is 2. The van der Waals surface area contributed by atoms with E-state index in [0.29, 0.717) is 0 Å². The summed E-state index contributed by atoms with van der Waals surface area (Å²) in [5.41, 5.74) is 3.77. The largest absolute Gasteiger partial charge is 0.294 e. The molecule has 2 rings (SSSR count). The molecule has 3 heteroatoms. The Morgan fingerprint density at radius 1 is 1.28 bits per heavy atom. The summed E-state index contributed by atoms with van der Waals surface area (Å²) >= 11 is 0. The second-order valence-electron chi connectivity index (χ2n) is 5.42. The number of carbonyl (C=O) groups excluding carboxylic acids is 1. The standard InChI is InChI=1S/C15H20N2O/c1-9(2)13-12(15(18)10(3)4)14-11(5)7-6-8-17(14)16-13/h6-10H,1-5H3. The Morgan fingerprint density at radius 3 is 2.50 bits per heavy atom. The van der Waals surface area contributed by atoms with Crippen LogP contribution in [0.2, 0.25) is 0 Å². The summed E-state index contributed by atoms with van der Waals surface area (Å²) in [6, 6.07) is 3.99. The second-order valence-corrected chi connectivity index (χ2v) is 5.42. The highest BCUT2D eigenvalue weighted by Gasteiger charge is 2.24. The smallest absolute Gasteiger partial charge is 0.169 e. The van der Waals surface area contributed by atoms with Gasteiger partial charge in [-0.25, -0.2) is 4.52 Å². The van der Waals surface area contributed by atoms with Crippen molar-refractivity contribution >= 4 is 11.3 Å². The molecule has 0 radical (unpaired) electrons. The third kappa shape index (κ3) is 1.94. The molecule has 0 saturated heterocycles. The molecule has 0 N–H and O–H groups in total. The Morgan fingerprint density at radius 2 is 1.94 bits per heavy atom. The minimum atomic E-state index is -0.00453. The van der Waals surface area contributed by atoms with Gasteiger partial charge in [-0.05, 0) is 24.5 Å². The summed E-state index contributed by atoms with van der Waals surface area (Å²) in [4.78, 5) is 12.4. The van der Waals surface area contributed by atoms with E-state index in [9.17, 15) is 4.79 Å². The summed E-state index contributed by atoms with van der Waals surface area (Å²) in [5, 5.41) is 4.57. The molecule has 0 spiro atoms. The quantitative estimate of drug-likeness (QED) is 0.773. The van der Waals surface area contributed by atoms with E-state index in [1.807, 2.05) is 43.6 Å². The van der Waals surface area contributed by atoms with Crippen molar-refractivity contribution in [1.29, 1.82) is 0 Å². The Labute approximate surface area is 108 Å². The maximum atomic E-state index is 12.4. The van der Waals surface area contributed by atoms with Crippen molar-refractivity contribution in [3.05, 3.63) is 35.2 Å². The zero-order valence-corrected chi connectivity index (χ0v) is 11.7. The molecule has 3 nitrogen and oxygen atoms in total. The van der Waals surface area contributed by atoms with Crippen molar-refractivity contribution in [2.75, 3.05) is 0 Å². The molecule has 0 atom stereocenters. The Hall–Kier alpha value is -1.64. The molecule has 0 unspecified atom stereocenters. The maximum Gasteiger partial charge on any atom is 0.169 e. The Bertz CT molecular complexity index is 594. The van der Waals surface area contributed by atoms with Crippen LogP contribution in [0.1, 0.15) is 55.2 Å². The van der Waals surface area contributed by atoms with Gasteiger partial charge < -0.3 is 0 Å². The molecule has 2 heterocycles. The molecular formula is C15H20N2O. The number of aryl methyl sites for hydroxylation is 1. The number of carbonyl (C=O) groups is 1. The monoisotopic (exact) mass is 244 g/mol. The van der Waals surface area contributed by atoms with Gasteiger partial charge in [0.15, 0.2) is 5.78 Å². The van der Waals surface area contributed by atoms with Gasteiger partial charge in [0.2, 0.25) is 0 Å². The SMILES string of the molecule is Cc1cccn2nc(C(C)C)c(C(=O)C(C)C)c12. The van der Waals surface area contributed by atoms with E-state index >= 15 is 0 Å². The van der Waals surface area contributed by atoms with Gasteiger partial charge in [-0.2, -0.15) is 5.10 Å². The first-order valence-electron chi connectivity index (χ1n) is 6.45. The van der Waals surface area contributed by atoms with Crippen molar-refractivity contribution in [1.82, 2.24) is 9.61 Å². The van der Waals surface area contributed by atoms with Gasteiger partial charge >= 0.3 is 0 Å². The average molecular weight is 244 g/mol. The van der Waals surface area contributed by atoms with E-state index in [0.717, 1.165) is 22.3 Å². The third-order valence-electron chi connectivity index (χ3n) is 3.20. The van der Waals surface area contributed by atoms with Gasteiger partial charge in [0.1, 0.15) is 0 Å². The lowest BCUT2D eigenvalue weighted by molar-refractivity contribution is 0.0939. The van der Waals surface area contributed by atoms with E-state index in [-0.39, 0.29) is 17.6 Å². The van der Waals surface area contributed by atoms with E-state index in [4.69, 9.17) is 0 Å². The molecule has 0 aliphatic rings. The van der Waals surface area contributed by atoms with Crippen LogP contribution in [0.4, 0.5) is 0 Å². The van der Waals surface area contributed by atoms with Gasteiger partial charge in [0, 0.05) is 12.1 Å². The van der Waals surface area contributed by atoms with Crippen molar-refractivity contribution in [3.8, 4) is 0 Å². The number of hydrogen-bond donors (Lipinski definition) is 0. The summed E-state index contributed by atoms with van der Waals surface area (Å²) in [7, 11) is 0. The fourth-order valence-electron chi connectivity index (χ4n) is 2.22. The molecule has 0 saturated carbocycles. The number of rotatable bonds is 3. The number of nitrogens with zero attached hydrogens (tertiary/aromatic N) is 2. The first-order valence-corrected chi connectivity index (χ1v) is 6.45. The first kappa shape index (κ1) is 12.8. The van der Waals surface area contributed by atoms with E-state index in [2.05, 4.69) is 18.9 Å². The van der Waals surface area contributed by atoms with Crippen LogP contribution >= 0.6 is 0 Å². The number of aromatic nitrogens is 2. The van der Waals surface area contributed by atoms with Crippen LogP contribution in [0.25, 0.3) is 5.52 Å². The number of ketones is 1. The molecule has 0 amide bonds. The maximum absolute atomic E-state index is 12.4. The average Bonchev–Trinajstić information content (AvgIpc) is 2.68. The van der Waals surface area contributed by atoms with Gasteiger partial charge in [0.25, 0.3) is 0 Å². The van der Waals surface area contributed by atoms with Crippen LogP contribution in [-0.2, 0) is 0 Å². The lowest BCUT2D eigenvalue weighted by Gasteiger charge is -2.08. The zero-order chi connectivity index (χ0) is 13.4. The summed E-state index contributed by atoms with van der Waals surface area (Å²) in [6.45, 7) is 10.1. The predicted molar refractivity (Wildman–Crippen MR) is 73.2 cm³/mol. The first-order chi connectivity index (χ1) is 8.43. The van der Waals surface area contributed by atoms with Crippen LogP contribution in [0.5, 0.6) is 0 Å². The normalized spacial score (nSPS) is 11.7. The van der Waals surface area contributed by atoms with Crippen molar-refractivity contribution in [2.24, 2.45) is 5.92 Å². The molecule has 96 valence electrons. The Balaban J connectivity index is 2.81. The van der Waals surface area contributed by atoms with Crippen LogP contribution in [0, 0.1) is 12.8 Å². The number of pyridine rings is 1. The molecule has 0 bridgehead atoms. The van der Waals surface area contributed by atoms with Gasteiger partial charge in [-0.15, -0.1) is 0 Å². The highest BCUT2D eigenvalue weighted by atomic mass is 16.1. The van der Waals surface area contributed by atoms with Gasteiger partial charge in [0.05, 0.1) is 16.8 Å². The highest BCUT2D eigenvalue weighted by Crippen LogP contribution is 2.27. The minimum absolute atomic E-state index is 0.00453. The fourth-order valence-corrected chi connectivity index (χ4v) is 2.22. The number of Topliss-reactive ketones (excluding diaryl/α,β-unsaturated/α-hetero) is 1. The highest BCUT2D eigenvalue weighted by molar-refractivity contribution is 6.05. The topological polar surface area (TPSA) is 34.4 Å². The molecule has 0 aliphatic heterocycles. The van der Waals surface area contributed by atoms with Gasteiger partial charge in [-0.3, -0.25) is 4.79 Å². The molecule has 2 aromatic heterocycles. The minimum Gasteiger partial charge on any atom is -0.294 e. The lowest BCUT2D eigenvalue weighted by Crippen LogP contribution is -2.10.